The van der Waals surface area contributed by atoms with Crippen molar-refractivity contribution < 1.29 is 13.9 Å². The lowest BCUT2D eigenvalue weighted by Gasteiger charge is -2.10. The molecule has 0 heterocycles. The fourth-order valence-electron chi connectivity index (χ4n) is 1.52. The zero-order valence-corrected chi connectivity index (χ0v) is 11.4. The molecule has 0 spiro atoms. The van der Waals surface area contributed by atoms with E-state index < -0.39 is 5.82 Å². The first-order valence-corrected chi connectivity index (χ1v) is 6.49. The third-order valence-corrected chi connectivity index (χ3v) is 2.69. The first-order chi connectivity index (χ1) is 9.04. The van der Waals surface area contributed by atoms with Crippen LogP contribution in [-0.2, 0) is 4.79 Å². The van der Waals surface area contributed by atoms with Crippen molar-refractivity contribution in [3.05, 3.63) is 29.6 Å². The number of unbranched alkanes of at least 4 members (excludes halogenated alkanes) is 1. The van der Waals surface area contributed by atoms with Crippen LogP contribution in [-0.4, -0.2) is 19.1 Å². The Labute approximate surface area is 113 Å². The van der Waals surface area contributed by atoms with Crippen LogP contribution >= 0.6 is 0 Å². The summed E-state index contributed by atoms with van der Waals surface area (Å²) < 4.78 is 18.8. The minimum Gasteiger partial charge on any atom is -0.481 e. The van der Waals surface area contributed by atoms with E-state index in [1.165, 1.54) is 12.1 Å². The molecule has 1 aromatic rings. The third-order valence-electron chi connectivity index (χ3n) is 2.69. The van der Waals surface area contributed by atoms with E-state index in [4.69, 9.17) is 10.5 Å². The number of carbonyl (C=O) groups is 1. The molecule has 0 fully saturated rings. The van der Waals surface area contributed by atoms with Crippen LogP contribution in [0, 0.1) is 5.82 Å². The summed E-state index contributed by atoms with van der Waals surface area (Å²) in [6.07, 6.45) is 1.93. The molecule has 0 radical (unpaired) electrons. The lowest BCUT2D eigenvalue weighted by molar-refractivity contribution is -0.123. The topological polar surface area (TPSA) is 64.3 Å². The molecule has 1 amide bonds. The average Bonchev–Trinajstić information content (AvgIpc) is 2.37. The Balaban J connectivity index is 2.47. The summed E-state index contributed by atoms with van der Waals surface area (Å²) in [6.45, 7) is 4.25. The summed E-state index contributed by atoms with van der Waals surface area (Å²) in [6, 6.07) is 4.28. The van der Waals surface area contributed by atoms with Gasteiger partial charge in [-0.1, -0.05) is 19.4 Å². The number of rotatable bonds is 7. The number of ether oxygens (including phenoxy) is 1. The second-order valence-corrected chi connectivity index (χ2v) is 4.47. The van der Waals surface area contributed by atoms with E-state index in [1.807, 2.05) is 6.92 Å². The van der Waals surface area contributed by atoms with Gasteiger partial charge in [-0.2, -0.15) is 0 Å². The van der Waals surface area contributed by atoms with Crippen LogP contribution in [0.3, 0.4) is 0 Å². The summed E-state index contributed by atoms with van der Waals surface area (Å²) in [4.78, 5) is 11.4. The molecule has 4 nitrogen and oxygen atoms in total. The smallest absolute Gasteiger partial charge is 0.257 e. The van der Waals surface area contributed by atoms with Crippen LogP contribution in [0.5, 0.6) is 5.75 Å². The first-order valence-electron chi connectivity index (χ1n) is 6.49. The molecule has 1 rings (SSSR count). The largest absolute Gasteiger partial charge is 0.481 e. The summed E-state index contributed by atoms with van der Waals surface area (Å²) in [7, 11) is 0. The van der Waals surface area contributed by atoms with Crippen molar-refractivity contribution in [2.45, 2.75) is 32.7 Å². The molecule has 3 N–H and O–H groups in total. The monoisotopic (exact) mass is 268 g/mol. The van der Waals surface area contributed by atoms with E-state index in [1.54, 1.807) is 13.0 Å². The van der Waals surface area contributed by atoms with Crippen molar-refractivity contribution in [1.29, 1.82) is 0 Å². The lowest BCUT2D eigenvalue weighted by Crippen LogP contribution is -2.29. The van der Waals surface area contributed by atoms with Gasteiger partial charge in [0.15, 0.2) is 18.2 Å². The Hall–Kier alpha value is -1.62. The molecule has 0 aliphatic carbocycles. The molecule has 0 aliphatic heterocycles. The van der Waals surface area contributed by atoms with Gasteiger partial charge in [0.2, 0.25) is 0 Å². The molecule has 1 atom stereocenters. The number of nitrogens with two attached hydrogens (primary N) is 1. The van der Waals surface area contributed by atoms with Gasteiger partial charge in [0.1, 0.15) is 0 Å². The van der Waals surface area contributed by atoms with Crippen LogP contribution in [0.1, 0.15) is 38.3 Å². The Morgan fingerprint density at radius 2 is 2.26 bits per heavy atom. The lowest BCUT2D eigenvalue weighted by atomic mass is 10.1. The SMILES string of the molecule is CCCCNC(=O)COc1ccc([C@H](C)N)cc1F. The number of amides is 1. The zero-order valence-electron chi connectivity index (χ0n) is 11.4. The fourth-order valence-corrected chi connectivity index (χ4v) is 1.52. The van der Waals surface area contributed by atoms with Crippen molar-refractivity contribution in [2.24, 2.45) is 5.73 Å². The highest BCUT2D eigenvalue weighted by Crippen LogP contribution is 2.20. The summed E-state index contributed by atoms with van der Waals surface area (Å²) in [5.41, 5.74) is 6.34. The Morgan fingerprint density at radius 1 is 1.53 bits per heavy atom. The summed E-state index contributed by atoms with van der Waals surface area (Å²) in [5, 5.41) is 2.70. The van der Waals surface area contributed by atoms with Gasteiger partial charge in [0.25, 0.3) is 5.91 Å². The molecule has 0 unspecified atom stereocenters. The van der Waals surface area contributed by atoms with Gasteiger partial charge in [-0.25, -0.2) is 4.39 Å². The number of halogens is 1. The van der Waals surface area contributed by atoms with Crippen LogP contribution in [0.4, 0.5) is 4.39 Å². The zero-order chi connectivity index (χ0) is 14.3. The van der Waals surface area contributed by atoms with Crippen LogP contribution in [0.2, 0.25) is 0 Å². The maximum Gasteiger partial charge on any atom is 0.257 e. The normalized spacial score (nSPS) is 12.0. The number of hydrogen-bond acceptors (Lipinski definition) is 3. The van der Waals surface area contributed by atoms with Crippen LogP contribution < -0.4 is 15.8 Å². The van der Waals surface area contributed by atoms with Crippen molar-refractivity contribution >= 4 is 5.91 Å². The van der Waals surface area contributed by atoms with E-state index in [0.717, 1.165) is 12.8 Å². The fraction of sp³-hybridized carbons (Fsp3) is 0.500. The van der Waals surface area contributed by atoms with E-state index in [2.05, 4.69) is 5.32 Å². The number of nitrogens with one attached hydrogen (secondary N) is 1. The standard InChI is InChI=1S/C14H21FN2O2/c1-3-4-7-17-14(18)9-19-13-6-5-11(10(2)16)8-12(13)15/h5-6,8,10H,3-4,7,9,16H2,1-2H3,(H,17,18)/t10-/m0/s1. The Morgan fingerprint density at radius 3 is 2.84 bits per heavy atom. The predicted octanol–water partition coefficient (Wildman–Crippen LogP) is 2.14. The first kappa shape index (κ1) is 15.4. The number of hydrogen-bond donors (Lipinski definition) is 2. The molecular formula is C14H21FN2O2. The van der Waals surface area contributed by atoms with Gasteiger partial charge in [0.05, 0.1) is 0 Å². The molecule has 0 aliphatic rings. The highest BCUT2D eigenvalue weighted by Gasteiger charge is 2.09. The van der Waals surface area contributed by atoms with Gasteiger partial charge in [0, 0.05) is 12.6 Å². The van der Waals surface area contributed by atoms with Gasteiger partial charge >= 0.3 is 0 Å². The molecular weight excluding hydrogens is 247 g/mol. The van der Waals surface area contributed by atoms with Gasteiger partial charge in [-0.15, -0.1) is 0 Å². The highest BCUT2D eigenvalue weighted by molar-refractivity contribution is 5.77. The van der Waals surface area contributed by atoms with E-state index >= 15 is 0 Å². The van der Waals surface area contributed by atoms with E-state index in [0.29, 0.717) is 12.1 Å². The minimum atomic E-state index is -0.504. The van der Waals surface area contributed by atoms with Gasteiger partial charge in [-0.05, 0) is 31.0 Å². The minimum absolute atomic E-state index is 0.0649. The van der Waals surface area contributed by atoms with E-state index in [-0.39, 0.29) is 24.3 Å². The highest BCUT2D eigenvalue weighted by atomic mass is 19.1. The second-order valence-electron chi connectivity index (χ2n) is 4.47. The molecule has 5 heteroatoms. The van der Waals surface area contributed by atoms with Crippen LogP contribution in [0.25, 0.3) is 0 Å². The van der Waals surface area contributed by atoms with Crippen molar-refractivity contribution in [1.82, 2.24) is 5.32 Å². The van der Waals surface area contributed by atoms with Crippen molar-refractivity contribution in [2.75, 3.05) is 13.2 Å². The van der Waals surface area contributed by atoms with Gasteiger partial charge < -0.3 is 15.8 Å². The van der Waals surface area contributed by atoms with E-state index in [9.17, 15) is 9.18 Å². The summed E-state index contributed by atoms with van der Waals surface area (Å²) in [5.74, 6) is -0.685. The molecule has 19 heavy (non-hydrogen) atoms. The Bertz CT molecular complexity index is 422. The maximum atomic E-state index is 13.7. The van der Waals surface area contributed by atoms with Crippen molar-refractivity contribution in [3.63, 3.8) is 0 Å². The average molecular weight is 268 g/mol. The number of benzene rings is 1. The molecule has 0 saturated heterocycles. The quantitative estimate of drug-likeness (QED) is 0.745. The molecule has 0 saturated carbocycles. The third kappa shape index (κ3) is 5.26. The summed E-state index contributed by atoms with van der Waals surface area (Å²) >= 11 is 0. The molecule has 1 aromatic carbocycles. The van der Waals surface area contributed by atoms with Crippen LogP contribution in [0.15, 0.2) is 18.2 Å². The van der Waals surface area contributed by atoms with Crippen molar-refractivity contribution in [3.8, 4) is 5.75 Å². The molecule has 106 valence electrons. The maximum absolute atomic E-state index is 13.7. The number of carbonyl (C=O) groups excluding carboxylic acids is 1. The Kier molecular flexibility index (Phi) is 6.29. The predicted molar refractivity (Wildman–Crippen MR) is 72.4 cm³/mol. The molecule has 0 aromatic heterocycles. The second kappa shape index (κ2) is 7.74. The molecule has 0 bridgehead atoms. The van der Waals surface area contributed by atoms with Gasteiger partial charge in [-0.3, -0.25) is 4.79 Å².